The second-order valence-electron chi connectivity index (χ2n) is 3.50. The quantitative estimate of drug-likeness (QED) is 0.725. The Bertz CT molecular complexity index is 326. The van der Waals surface area contributed by atoms with Gasteiger partial charge in [0.05, 0.1) is 0 Å². The Hall–Kier alpha value is -1.24. The summed E-state index contributed by atoms with van der Waals surface area (Å²) < 4.78 is 0. The fourth-order valence-electron chi connectivity index (χ4n) is 1.74. The molecule has 0 unspecified atom stereocenters. The SMILES string of the molecule is CCCc1ccc2c(c1)CNC=C2. The molecule has 0 aliphatic carbocycles. The Labute approximate surface area is 79.5 Å². The molecule has 68 valence electrons. The number of fused-ring (bicyclic) bond motifs is 1. The molecule has 1 aromatic carbocycles. The van der Waals surface area contributed by atoms with Crippen LogP contribution in [0, 0.1) is 0 Å². The third-order valence-electron chi connectivity index (χ3n) is 2.42. The van der Waals surface area contributed by atoms with E-state index < -0.39 is 0 Å². The molecule has 0 atom stereocenters. The van der Waals surface area contributed by atoms with E-state index in [1.807, 2.05) is 6.20 Å². The van der Waals surface area contributed by atoms with Crippen LogP contribution in [0.15, 0.2) is 24.4 Å². The zero-order valence-electron chi connectivity index (χ0n) is 8.01. The number of hydrogen-bond acceptors (Lipinski definition) is 1. The molecule has 1 aliphatic rings. The molecule has 0 amide bonds. The fourth-order valence-corrected chi connectivity index (χ4v) is 1.74. The highest BCUT2D eigenvalue weighted by atomic mass is 14.8. The first-order chi connectivity index (χ1) is 6.40. The minimum absolute atomic E-state index is 0.976. The van der Waals surface area contributed by atoms with Crippen LogP contribution in [-0.2, 0) is 13.0 Å². The third-order valence-corrected chi connectivity index (χ3v) is 2.42. The van der Waals surface area contributed by atoms with Crippen molar-refractivity contribution in [1.29, 1.82) is 0 Å². The van der Waals surface area contributed by atoms with Gasteiger partial charge in [-0.2, -0.15) is 0 Å². The monoisotopic (exact) mass is 173 g/mol. The smallest absolute Gasteiger partial charge is 0.0401 e. The van der Waals surface area contributed by atoms with Crippen molar-refractivity contribution in [2.24, 2.45) is 0 Å². The lowest BCUT2D eigenvalue weighted by Crippen LogP contribution is -2.10. The summed E-state index contributed by atoms with van der Waals surface area (Å²) in [6.45, 7) is 3.20. The van der Waals surface area contributed by atoms with Crippen molar-refractivity contribution in [1.82, 2.24) is 5.32 Å². The Morgan fingerprint density at radius 3 is 3.15 bits per heavy atom. The van der Waals surface area contributed by atoms with Crippen LogP contribution in [0.5, 0.6) is 0 Å². The van der Waals surface area contributed by atoms with Crippen molar-refractivity contribution >= 4 is 6.08 Å². The van der Waals surface area contributed by atoms with Gasteiger partial charge in [-0.25, -0.2) is 0 Å². The molecule has 2 rings (SSSR count). The Kier molecular flexibility index (Phi) is 2.35. The molecule has 1 heteroatoms. The van der Waals surface area contributed by atoms with Gasteiger partial charge in [0.25, 0.3) is 0 Å². The molecule has 1 aliphatic heterocycles. The van der Waals surface area contributed by atoms with Crippen LogP contribution in [0.4, 0.5) is 0 Å². The maximum Gasteiger partial charge on any atom is 0.0401 e. The van der Waals surface area contributed by atoms with Gasteiger partial charge < -0.3 is 5.32 Å². The minimum atomic E-state index is 0.976. The van der Waals surface area contributed by atoms with Crippen molar-refractivity contribution in [3.05, 3.63) is 41.1 Å². The van der Waals surface area contributed by atoms with Crippen LogP contribution in [0.2, 0.25) is 0 Å². The molecule has 1 nitrogen and oxygen atoms in total. The topological polar surface area (TPSA) is 12.0 Å². The predicted molar refractivity (Wildman–Crippen MR) is 56.3 cm³/mol. The van der Waals surface area contributed by atoms with Gasteiger partial charge in [0.1, 0.15) is 0 Å². The van der Waals surface area contributed by atoms with Crippen molar-refractivity contribution in [3.8, 4) is 0 Å². The van der Waals surface area contributed by atoms with Crippen molar-refractivity contribution in [2.45, 2.75) is 26.3 Å². The average molecular weight is 173 g/mol. The van der Waals surface area contributed by atoms with Gasteiger partial charge in [0.2, 0.25) is 0 Å². The first-order valence-corrected chi connectivity index (χ1v) is 4.92. The first kappa shape index (κ1) is 8.36. The molecule has 0 fully saturated rings. The van der Waals surface area contributed by atoms with Crippen molar-refractivity contribution in [3.63, 3.8) is 0 Å². The number of benzene rings is 1. The highest BCUT2D eigenvalue weighted by Gasteiger charge is 2.03. The standard InChI is InChI=1S/C12H15N/c1-2-3-10-4-5-11-6-7-13-9-12(11)8-10/h4-8,13H,2-3,9H2,1H3. The summed E-state index contributed by atoms with van der Waals surface area (Å²) in [5, 5.41) is 3.23. The lowest BCUT2D eigenvalue weighted by molar-refractivity contribution is 0.849. The Morgan fingerprint density at radius 1 is 1.38 bits per heavy atom. The molecule has 1 N–H and O–H groups in total. The zero-order chi connectivity index (χ0) is 9.10. The largest absolute Gasteiger partial charge is 0.387 e. The van der Waals surface area contributed by atoms with Crippen LogP contribution < -0.4 is 5.32 Å². The lowest BCUT2D eigenvalue weighted by atomic mass is 10.00. The van der Waals surface area contributed by atoms with E-state index in [4.69, 9.17) is 0 Å². The summed E-state index contributed by atoms with van der Waals surface area (Å²) in [6.07, 6.45) is 6.56. The molecular formula is C12H15N. The maximum atomic E-state index is 3.23. The normalized spacial score (nSPS) is 13.6. The van der Waals surface area contributed by atoms with E-state index in [9.17, 15) is 0 Å². The fraction of sp³-hybridized carbons (Fsp3) is 0.333. The van der Waals surface area contributed by atoms with Gasteiger partial charge >= 0.3 is 0 Å². The van der Waals surface area contributed by atoms with Crippen LogP contribution in [0.3, 0.4) is 0 Å². The summed E-state index contributed by atoms with van der Waals surface area (Å²) >= 11 is 0. The highest BCUT2D eigenvalue weighted by Crippen LogP contribution is 2.17. The molecule has 13 heavy (non-hydrogen) atoms. The number of hydrogen-bond donors (Lipinski definition) is 1. The van der Waals surface area contributed by atoms with Gasteiger partial charge in [-0.15, -0.1) is 0 Å². The van der Waals surface area contributed by atoms with E-state index in [-0.39, 0.29) is 0 Å². The second kappa shape index (κ2) is 3.65. The van der Waals surface area contributed by atoms with Crippen LogP contribution >= 0.6 is 0 Å². The summed E-state index contributed by atoms with van der Waals surface area (Å²) in [5.74, 6) is 0. The minimum Gasteiger partial charge on any atom is -0.387 e. The van der Waals surface area contributed by atoms with E-state index in [2.05, 4.69) is 36.5 Å². The lowest BCUT2D eigenvalue weighted by Gasteiger charge is -2.13. The van der Waals surface area contributed by atoms with Gasteiger partial charge in [0.15, 0.2) is 0 Å². The van der Waals surface area contributed by atoms with E-state index in [1.165, 1.54) is 29.5 Å². The first-order valence-electron chi connectivity index (χ1n) is 4.92. The predicted octanol–water partition coefficient (Wildman–Crippen LogP) is 2.71. The van der Waals surface area contributed by atoms with Crippen LogP contribution in [-0.4, -0.2) is 0 Å². The molecule has 0 saturated heterocycles. The summed E-state index contributed by atoms with van der Waals surface area (Å²) in [4.78, 5) is 0. The zero-order valence-corrected chi connectivity index (χ0v) is 8.01. The molecule has 0 aromatic heterocycles. The maximum absolute atomic E-state index is 3.23. The average Bonchev–Trinajstić information content (AvgIpc) is 2.18. The van der Waals surface area contributed by atoms with Crippen molar-refractivity contribution in [2.75, 3.05) is 0 Å². The van der Waals surface area contributed by atoms with Gasteiger partial charge in [-0.05, 0) is 35.4 Å². The molecule has 1 heterocycles. The van der Waals surface area contributed by atoms with Crippen LogP contribution in [0.25, 0.3) is 6.08 Å². The molecule has 0 bridgehead atoms. The second-order valence-corrected chi connectivity index (χ2v) is 3.50. The third kappa shape index (κ3) is 1.74. The summed E-state index contributed by atoms with van der Waals surface area (Å²) in [5.41, 5.74) is 4.24. The molecule has 1 aromatic rings. The molecule has 0 saturated carbocycles. The molecule has 0 radical (unpaired) electrons. The molecule has 0 spiro atoms. The van der Waals surface area contributed by atoms with Crippen molar-refractivity contribution < 1.29 is 0 Å². The number of nitrogens with one attached hydrogen (secondary N) is 1. The van der Waals surface area contributed by atoms with E-state index in [1.54, 1.807) is 0 Å². The number of aryl methyl sites for hydroxylation is 1. The van der Waals surface area contributed by atoms with Crippen LogP contribution in [0.1, 0.15) is 30.0 Å². The summed E-state index contributed by atoms with van der Waals surface area (Å²) in [7, 11) is 0. The van der Waals surface area contributed by atoms with Gasteiger partial charge in [-0.3, -0.25) is 0 Å². The van der Waals surface area contributed by atoms with E-state index in [0.717, 1.165) is 6.54 Å². The summed E-state index contributed by atoms with van der Waals surface area (Å²) in [6, 6.07) is 6.77. The van der Waals surface area contributed by atoms with E-state index >= 15 is 0 Å². The Balaban J connectivity index is 2.31. The van der Waals surface area contributed by atoms with Gasteiger partial charge in [0, 0.05) is 6.54 Å². The molecular weight excluding hydrogens is 158 g/mol. The Morgan fingerprint density at radius 2 is 2.31 bits per heavy atom. The number of rotatable bonds is 2. The van der Waals surface area contributed by atoms with Gasteiger partial charge in [-0.1, -0.05) is 31.5 Å². The van der Waals surface area contributed by atoms with E-state index in [0.29, 0.717) is 0 Å². The highest BCUT2D eigenvalue weighted by molar-refractivity contribution is 5.56.